The molecular formula is C38H48ClN3O6. The Kier molecular flexibility index (Phi) is 10.4. The predicted molar refractivity (Wildman–Crippen MR) is 188 cm³/mol. The first-order valence-electron chi connectivity index (χ1n) is 16.8. The summed E-state index contributed by atoms with van der Waals surface area (Å²) in [6, 6.07) is 12.5. The molecule has 0 aromatic heterocycles. The van der Waals surface area contributed by atoms with Crippen LogP contribution < -0.4 is 14.5 Å². The van der Waals surface area contributed by atoms with E-state index in [0.29, 0.717) is 41.6 Å². The number of carbonyl (C=O) groups is 3. The molecule has 3 heterocycles. The van der Waals surface area contributed by atoms with Crippen LogP contribution in [0.1, 0.15) is 47.5 Å². The minimum Gasteiger partial charge on any atom is -0.494 e. The number of nitrogens with zero attached hydrogens (tertiary/aromatic N) is 3. The van der Waals surface area contributed by atoms with Gasteiger partial charge in [-0.05, 0) is 87.1 Å². The van der Waals surface area contributed by atoms with E-state index in [1.807, 2.05) is 58.9 Å². The van der Waals surface area contributed by atoms with Gasteiger partial charge in [0.2, 0.25) is 11.8 Å². The number of aliphatic hydroxyl groups is 1. The molecule has 3 unspecified atom stereocenters. The first-order chi connectivity index (χ1) is 22.9. The van der Waals surface area contributed by atoms with E-state index in [2.05, 4.69) is 13.2 Å². The van der Waals surface area contributed by atoms with Gasteiger partial charge in [0.25, 0.3) is 5.91 Å². The van der Waals surface area contributed by atoms with Crippen molar-refractivity contribution < 1.29 is 29.0 Å². The largest absolute Gasteiger partial charge is 0.494 e. The minimum absolute atomic E-state index is 0.123. The van der Waals surface area contributed by atoms with Crippen molar-refractivity contribution in [1.82, 2.24) is 4.90 Å². The maximum atomic E-state index is 15.0. The van der Waals surface area contributed by atoms with Gasteiger partial charge >= 0.3 is 0 Å². The molecule has 3 aliphatic rings. The topological polar surface area (TPSA) is 99.6 Å². The molecule has 2 aromatic rings. The van der Waals surface area contributed by atoms with Crippen LogP contribution in [0.15, 0.2) is 73.8 Å². The van der Waals surface area contributed by atoms with Gasteiger partial charge in [0.1, 0.15) is 17.4 Å². The van der Waals surface area contributed by atoms with Crippen LogP contribution >= 0.6 is 11.6 Å². The Labute approximate surface area is 289 Å². The number of halogens is 1. The van der Waals surface area contributed by atoms with Crippen molar-refractivity contribution in [2.45, 2.75) is 70.7 Å². The molecule has 1 spiro atoms. The van der Waals surface area contributed by atoms with Gasteiger partial charge in [-0.25, -0.2) is 0 Å². The van der Waals surface area contributed by atoms with E-state index in [0.717, 1.165) is 0 Å². The van der Waals surface area contributed by atoms with Crippen molar-refractivity contribution in [2.75, 3.05) is 36.1 Å². The zero-order chi connectivity index (χ0) is 35.0. The summed E-state index contributed by atoms with van der Waals surface area (Å²) in [5.41, 5.74) is -1.09. The van der Waals surface area contributed by atoms with Crippen LogP contribution in [0, 0.1) is 23.7 Å². The Bertz CT molecular complexity index is 1530. The highest BCUT2D eigenvalue weighted by atomic mass is 35.5. The van der Waals surface area contributed by atoms with Gasteiger partial charge in [-0.1, -0.05) is 44.5 Å². The number of anilines is 2. The van der Waals surface area contributed by atoms with Crippen molar-refractivity contribution in [2.24, 2.45) is 23.7 Å². The molecule has 2 aromatic carbocycles. The third-order valence-corrected chi connectivity index (χ3v) is 10.6. The Balaban J connectivity index is 1.64. The van der Waals surface area contributed by atoms with E-state index >= 15 is 4.79 Å². The van der Waals surface area contributed by atoms with Crippen molar-refractivity contribution in [3.8, 4) is 5.75 Å². The van der Waals surface area contributed by atoms with Gasteiger partial charge in [0, 0.05) is 29.5 Å². The highest BCUT2D eigenvalue weighted by Crippen LogP contribution is 2.66. The normalized spacial score (nSPS) is 27.9. The molecule has 10 heteroatoms. The van der Waals surface area contributed by atoms with Gasteiger partial charge < -0.3 is 29.3 Å². The number of aliphatic hydroxyl groups excluding tert-OH is 1. The third-order valence-electron chi connectivity index (χ3n) is 10.4. The highest BCUT2D eigenvalue weighted by Gasteiger charge is 2.80. The summed E-state index contributed by atoms with van der Waals surface area (Å²) in [5, 5.41) is 11.3. The van der Waals surface area contributed by atoms with E-state index in [4.69, 9.17) is 21.1 Å². The first-order valence-corrected chi connectivity index (χ1v) is 17.2. The molecule has 1 N–H and O–H groups in total. The first kappa shape index (κ1) is 35.6. The standard InChI is InChI=1S/C38H48ClN3O6/c1-8-19-40(28-15-17-30(18-16-28)47-10-3)34(44)31-32-35(45)42(29(23-43)21-24(4)5)33(38(32)22-25(6)37(31,7)48-38)36(46)41(20-9-2)27-13-11-26(39)12-14-27/h8-9,11-18,24-25,29,31-33,43H,1-2,10,19-23H2,3-7H3/t25?,29-,31-,32+,33?,37+,38?/m1/s1. The van der Waals surface area contributed by atoms with Crippen LogP contribution in [-0.2, 0) is 19.1 Å². The predicted octanol–water partition coefficient (Wildman–Crippen LogP) is 5.89. The number of hydrogen-bond donors (Lipinski definition) is 1. The van der Waals surface area contributed by atoms with Crippen molar-refractivity contribution in [1.29, 1.82) is 0 Å². The molecule has 2 bridgehead atoms. The van der Waals surface area contributed by atoms with Crippen molar-refractivity contribution in [3.63, 3.8) is 0 Å². The lowest BCUT2D eigenvalue weighted by Gasteiger charge is -2.40. The number of ether oxygens (including phenoxy) is 2. The number of amides is 3. The van der Waals surface area contributed by atoms with Gasteiger partial charge in [-0.2, -0.15) is 0 Å². The molecule has 0 radical (unpaired) electrons. The molecule has 3 aliphatic heterocycles. The molecular weight excluding hydrogens is 630 g/mol. The van der Waals surface area contributed by atoms with Crippen LogP contribution in [0.2, 0.25) is 5.02 Å². The smallest absolute Gasteiger partial charge is 0.253 e. The van der Waals surface area contributed by atoms with Gasteiger partial charge in [-0.15, -0.1) is 13.2 Å². The van der Waals surface area contributed by atoms with Crippen LogP contribution in [0.25, 0.3) is 0 Å². The molecule has 3 saturated heterocycles. The lowest BCUT2D eigenvalue weighted by atomic mass is 9.62. The summed E-state index contributed by atoms with van der Waals surface area (Å²) in [7, 11) is 0. The second-order valence-electron chi connectivity index (χ2n) is 13.8. The zero-order valence-corrected chi connectivity index (χ0v) is 29.4. The fourth-order valence-electron chi connectivity index (χ4n) is 8.27. The summed E-state index contributed by atoms with van der Waals surface area (Å²) in [5.74, 6) is -2.14. The average molecular weight is 678 g/mol. The summed E-state index contributed by atoms with van der Waals surface area (Å²) in [6.45, 7) is 18.2. The zero-order valence-electron chi connectivity index (χ0n) is 28.6. The van der Waals surface area contributed by atoms with Crippen molar-refractivity contribution >= 4 is 40.7 Å². The van der Waals surface area contributed by atoms with E-state index in [1.165, 1.54) is 0 Å². The quantitative estimate of drug-likeness (QED) is 0.250. The molecule has 7 atom stereocenters. The second-order valence-corrected chi connectivity index (χ2v) is 14.2. The van der Waals surface area contributed by atoms with Crippen LogP contribution in [0.4, 0.5) is 11.4 Å². The number of likely N-dealkylation sites (tertiary alicyclic amines) is 1. The number of rotatable bonds is 14. The maximum absolute atomic E-state index is 15.0. The molecule has 3 fully saturated rings. The fraction of sp³-hybridized carbons (Fsp3) is 0.500. The van der Waals surface area contributed by atoms with Crippen LogP contribution in [0.5, 0.6) is 5.75 Å². The molecule has 258 valence electrons. The molecule has 9 nitrogen and oxygen atoms in total. The third kappa shape index (κ3) is 5.94. The number of hydrogen-bond acceptors (Lipinski definition) is 6. The van der Waals surface area contributed by atoms with Gasteiger partial charge in [0.15, 0.2) is 0 Å². The number of fused-ring (bicyclic) bond motifs is 1. The summed E-state index contributed by atoms with van der Waals surface area (Å²) < 4.78 is 12.6. The van der Waals surface area contributed by atoms with E-state index < -0.39 is 35.1 Å². The molecule has 48 heavy (non-hydrogen) atoms. The molecule has 0 aliphatic carbocycles. The van der Waals surface area contributed by atoms with Crippen molar-refractivity contribution in [3.05, 3.63) is 78.9 Å². The maximum Gasteiger partial charge on any atom is 0.253 e. The molecule has 3 amide bonds. The van der Waals surface area contributed by atoms with E-state index in [-0.39, 0.29) is 49.3 Å². The average Bonchev–Trinajstić information content (AvgIpc) is 3.58. The summed E-state index contributed by atoms with van der Waals surface area (Å²) in [4.78, 5) is 49.6. The molecule has 0 saturated carbocycles. The SMILES string of the molecule is C=CCN(C(=O)C1N([C@@H](CO)CC(C)C)C(=O)[C@@H]2[C@H](C(=O)N(CC=C)c3ccc(OCC)cc3)[C@@]3(C)OC12CC3C)c1ccc(Cl)cc1. The fourth-order valence-corrected chi connectivity index (χ4v) is 8.40. The lowest BCUT2D eigenvalue weighted by molar-refractivity contribution is -0.149. The Morgan fingerprint density at radius 2 is 1.62 bits per heavy atom. The lowest BCUT2D eigenvalue weighted by Crippen LogP contribution is -2.59. The number of carbonyl (C=O) groups excluding carboxylic acids is 3. The monoisotopic (exact) mass is 677 g/mol. The number of benzene rings is 2. The van der Waals surface area contributed by atoms with Gasteiger partial charge in [-0.3, -0.25) is 14.4 Å². The Hall–Kier alpha value is -3.66. The highest BCUT2D eigenvalue weighted by molar-refractivity contribution is 6.30. The van der Waals surface area contributed by atoms with E-state index in [9.17, 15) is 14.7 Å². The second kappa shape index (κ2) is 14.1. The Morgan fingerprint density at radius 3 is 2.15 bits per heavy atom. The minimum atomic E-state index is -1.29. The molecule has 5 rings (SSSR count). The van der Waals surface area contributed by atoms with Gasteiger partial charge in [0.05, 0.1) is 36.7 Å². The summed E-state index contributed by atoms with van der Waals surface area (Å²) >= 11 is 6.19. The van der Waals surface area contributed by atoms with Crippen LogP contribution in [0.3, 0.4) is 0 Å². The van der Waals surface area contributed by atoms with Crippen LogP contribution in [-0.4, -0.2) is 77.3 Å². The van der Waals surface area contributed by atoms with E-state index in [1.54, 1.807) is 51.1 Å². The Morgan fingerprint density at radius 1 is 1.06 bits per heavy atom. The summed E-state index contributed by atoms with van der Waals surface area (Å²) in [6.07, 6.45) is 4.16.